The number of hydrogen-bond donors (Lipinski definition) is 2. The molecular weight excluding hydrogens is 415 g/mol. The van der Waals surface area contributed by atoms with Gasteiger partial charge in [0.1, 0.15) is 5.65 Å². The second kappa shape index (κ2) is 7.61. The van der Waals surface area contributed by atoms with Crippen molar-refractivity contribution >= 4 is 34.0 Å². The third kappa shape index (κ3) is 3.76. The Morgan fingerprint density at radius 1 is 1.45 bits per heavy atom. The van der Waals surface area contributed by atoms with E-state index in [0.717, 1.165) is 28.7 Å². The van der Waals surface area contributed by atoms with Crippen LogP contribution in [0, 0.1) is 18.3 Å². The molecule has 0 bridgehead atoms. The van der Waals surface area contributed by atoms with E-state index in [1.54, 1.807) is 6.20 Å². The number of anilines is 1. The molecule has 31 heavy (non-hydrogen) atoms. The van der Waals surface area contributed by atoms with Crippen LogP contribution >= 0.6 is 11.3 Å². The maximum Gasteiger partial charge on any atom is 0.234 e. The van der Waals surface area contributed by atoms with Crippen LogP contribution in [0.25, 0.3) is 21.6 Å². The van der Waals surface area contributed by atoms with Crippen molar-refractivity contribution in [2.24, 2.45) is 5.92 Å². The normalized spacial score (nSPS) is 22.3. The van der Waals surface area contributed by atoms with E-state index in [9.17, 15) is 9.18 Å². The van der Waals surface area contributed by atoms with Crippen LogP contribution in [-0.4, -0.2) is 50.1 Å². The van der Waals surface area contributed by atoms with Gasteiger partial charge in [-0.05, 0) is 31.2 Å². The lowest BCUT2D eigenvalue weighted by Gasteiger charge is -2.37. The molecule has 0 unspecified atom stereocenters. The Kier molecular flexibility index (Phi) is 4.89. The molecule has 1 saturated carbocycles. The number of alkyl halides is 1. The highest BCUT2D eigenvalue weighted by molar-refractivity contribution is 7.14. The van der Waals surface area contributed by atoms with Gasteiger partial charge in [-0.25, -0.2) is 9.37 Å². The molecule has 160 valence electrons. The molecule has 3 aromatic heterocycles. The topological polar surface area (TPSA) is 86.8 Å². The molecule has 2 aliphatic rings. The van der Waals surface area contributed by atoms with Crippen molar-refractivity contribution in [2.75, 3.05) is 18.4 Å². The fraction of sp³-hybridized carbons (Fsp3) is 0.455. The molecule has 7 nitrogen and oxygen atoms in total. The first-order valence-corrected chi connectivity index (χ1v) is 11.3. The van der Waals surface area contributed by atoms with Crippen LogP contribution in [0.3, 0.4) is 0 Å². The van der Waals surface area contributed by atoms with Crippen LogP contribution in [0.15, 0.2) is 18.5 Å². The highest BCUT2D eigenvalue weighted by Gasteiger charge is 2.48. The number of terminal acetylenes is 1. The first-order chi connectivity index (χ1) is 15.0. The Hall–Kier alpha value is -2.99. The van der Waals surface area contributed by atoms with Crippen LogP contribution in [-0.2, 0) is 10.5 Å². The zero-order valence-electron chi connectivity index (χ0n) is 17.2. The third-order valence-corrected chi connectivity index (χ3v) is 7.06. The average molecular weight is 439 g/mol. The van der Waals surface area contributed by atoms with Gasteiger partial charge in [0.2, 0.25) is 5.91 Å². The minimum absolute atomic E-state index is 0.0194. The molecule has 5 rings (SSSR count). The van der Waals surface area contributed by atoms with Crippen molar-refractivity contribution in [1.82, 2.24) is 25.1 Å². The van der Waals surface area contributed by atoms with Crippen LogP contribution in [0.1, 0.15) is 37.6 Å². The molecule has 0 radical (unpaired) electrons. The van der Waals surface area contributed by atoms with Crippen LogP contribution < -0.4 is 5.32 Å². The molecule has 1 saturated heterocycles. The SMILES string of the molecule is C#CCC(=O)N1C[C@@H](C)C[C@@H](Nc2c(-c3nnc(C4(F)CC4)s3)cnc3[nH]ccc23)C1. The summed E-state index contributed by atoms with van der Waals surface area (Å²) in [4.78, 5) is 21.9. The Morgan fingerprint density at radius 2 is 2.29 bits per heavy atom. The number of likely N-dealkylation sites (tertiary alicyclic amines) is 1. The number of hydrogen-bond acceptors (Lipinski definition) is 6. The number of aromatic amines is 1. The number of nitrogens with one attached hydrogen (secondary N) is 2. The summed E-state index contributed by atoms with van der Waals surface area (Å²) >= 11 is 1.28. The number of nitrogens with zero attached hydrogens (tertiary/aromatic N) is 4. The molecule has 2 atom stereocenters. The monoisotopic (exact) mass is 438 g/mol. The number of aromatic nitrogens is 4. The lowest BCUT2D eigenvalue weighted by atomic mass is 9.95. The van der Waals surface area contributed by atoms with Gasteiger partial charge >= 0.3 is 0 Å². The molecule has 0 spiro atoms. The molecule has 3 aromatic rings. The minimum Gasteiger partial charge on any atom is -0.379 e. The van der Waals surface area contributed by atoms with Crippen molar-refractivity contribution in [3.63, 3.8) is 0 Å². The number of fused-ring (bicyclic) bond motifs is 1. The van der Waals surface area contributed by atoms with Gasteiger partial charge in [0.05, 0.1) is 17.7 Å². The van der Waals surface area contributed by atoms with E-state index < -0.39 is 5.67 Å². The maximum atomic E-state index is 14.5. The number of halogens is 1. The zero-order valence-corrected chi connectivity index (χ0v) is 18.0. The average Bonchev–Trinajstić information content (AvgIpc) is 3.15. The van der Waals surface area contributed by atoms with Gasteiger partial charge in [-0.1, -0.05) is 24.2 Å². The Balaban J connectivity index is 1.48. The molecule has 4 heterocycles. The number of amides is 1. The van der Waals surface area contributed by atoms with Crippen molar-refractivity contribution in [1.29, 1.82) is 0 Å². The van der Waals surface area contributed by atoms with Gasteiger partial charge < -0.3 is 15.2 Å². The quantitative estimate of drug-likeness (QED) is 0.593. The first-order valence-electron chi connectivity index (χ1n) is 10.4. The highest BCUT2D eigenvalue weighted by Crippen LogP contribution is 2.51. The van der Waals surface area contributed by atoms with E-state index in [0.29, 0.717) is 41.9 Å². The summed E-state index contributed by atoms with van der Waals surface area (Å²) in [5, 5.41) is 14.0. The summed E-state index contributed by atoms with van der Waals surface area (Å²) in [6.45, 7) is 3.42. The van der Waals surface area contributed by atoms with Gasteiger partial charge in [0.15, 0.2) is 15.7 Å². The fourth-order valence-electron chi connectivity index (χ4n) is 4.23. The lowest BCUT2D eigenvalue weighted by Crippen LogP contribution is -2.48. The van der Waals surface area contributed by atoms with Crippen molar-refractivity contribution < 1.29 is 9.18 Å². The minimum atomic E-state index is -1.31. The van der Waals surface area contributed by atoms with E-state index in [-0.39, 0.29) is 18.4 Å². The zero-order chi connectivity index (χ0) is 21.6. The highest BCUT2D eigenvalue weighted by atomic mass is 32.1. The van der Waals surface area contributed by atoms with Gasteiger partial charge in [0.25, 0.3) is 0 Å². The number of H-pyrrole nitrogens is 1. The number of rotatable bonds is 5. The molecule has 2 N–H and O–H groups in total. The van der Waals surface area contributed by atoms with Crippen molar-refractivity contribution in [3.05, 3.63) is 23.5 Å². The number of pyridine rings is 1. The molecule has 1 amide bonds. The van der Waals surface area contributed by atoms with Gasteiger partial charge in [0, 0.05) is 36.9 Å². The molecule has 2 fully saturated rings. The Morgan fingerprint density at radius 3 is 3.06 bits per heavy atom. The van der Waals surface area contributed by atoms with E-state index in [2.05, 4.69) is 38.3 Å². The summed E-state index contributed by atoms with van der Waals surface area (Å²) in [6, 6.07) is 2.01. The van der Waals surface area contributed by atoms with Gasteiger partial charge in [-0.15, -0.1) is 16.6 Å². The summed E-state index contributed by atoms with van der Waals surface area (Å²) < 4.78 is 14.5. The van der Waals surface area contributed by atoms with Crippen LogP contribution in [0.5, 0.6) is 0 Å². The Labute approximate surface area is 183 Å². The maximum absolute atomic E-state index is 14.5. The van der Waals surface area contributed by atoms with Gasteiger partial charge in [-0.3, -0.25) is 4.79 Å². The third-order valence-electron chi connectivity index (χ3n) is 5.93. The van der Waals surface area contributed by atoms with E-state index in [1.165, 1.54) is 11.3 Å². The summed E-state index contributed by atoms with van der Waals surface area (Å²) in [7, 11) is 0. The molecule has 0 aromatic carbocycles. The molecule has 1 aliphatic heterocycles. The molecule has 1 aliphatic carbocycles. The lowest BCUT2D eigenvalue weighted by molar-refractivity contribution is -0.131. The van der Waals surface area contributed by atoms with Crippen molar-refractivity contribution in [2.45, 2.75) is 44.3 Å². The smallest absolute Gasteiger partial charge is 0.234 e. The van der Waals surface area contributed by atoms with Gasteiger partial charge in [-0.2, -0.15) is 0 Å². The standard InChI is InChI=1S/C22H23FN6OS/c1-3-4-17(30)29-11-13(2)9-14(12-29)26-18-15-5-8-24-19(15)25-10-16(18)20-27-28-21(31-20)22(23)6-7-22/h1,5,8,10,13-14H,4,6-7,9,11-12H2,2H3,(H2,24,25,26)/t13-,14+/m0/s1. The van der Waals surface area contributed by atoms with E-state index in [4.69, 9.17) is 6.42 Å². The van der Waals surface area contributed by atoms with E-state index >= 15 is 0 Å². The summed E-state index contributed by atoms with van der Waals surface area (Å²) in [5.41, 5.74) is 1.11. The van der Waals surface area contributed by atoms with E-state index in [1.807, 2.05) is 17.2 Å². The molecule has 9 heteroatoms. The predicted octanol–water partition coefficient (Wildman–Crippen LogP) is 3.71. The van der Waals surface area contributed by atoms with Crippen molar-refractivity contribution in [3.8, 4) is 22.9 Å². The summed E-state index contributed by atoms with van der Waals surface area (Å²) in [6.07, 6.45) is 11.0. The largest absolute Gasteiger partial charge is 0.379 e. The first kappa shape index (κ1) is 19.9. The number of piperidine rings is 1. The van der Waals surface area contributed by atoms with Crippen LogP contribution in [0.2, 0.25) is 0 Å². The number of carbonyl (C=O) groups excluding carboxylic acids is 1. The Bertz CT molecular complexity index is 1180. The second-order valence-corrected chi connectivity index (χ2v) is 9.50. The second-order valence-electron chi connectivity index (χ2n) is 8.53. The molecular formula is C22H23FN6OS. The summed E-state index contributed by atoms with van der Waals surface area (Å²) in [5.74, 6) is 2.77. The fourth-order valence-corrected chi connectivity index (χ4v) is 5.22. The number of carbonyl (C=O) groups is 1. The van der Waals surface area contributed by atoms with Crippen LogP contribution in [0.4, 0.5) is 10.1 Å². The predicted molar refractivity (Wildman–Crippen MR) is 118 cm³/mol.